The van der Waals surface area contributed by atoms with Crippen LogP contribution in [0.5, 0.6) is 0 Å². The average Bonchev–Trinajstić information content (AvgIpc) is 2.41. The van der Waals surface area contributed by atoms with Gasteiger partial charge in [0.25, 0.3) is 0 Å². The number of pyridine rings is 1. The molecule has 0 unspecified atom stereocenters. The molecule has 2 amide bonds. The molecule has 0 bridgehead atoms. The number of benzene rings is 1. The fourth-order valence-corrected chi connectivity index (χ4v) is 1.61. The van der Waals surface area contributed by atoms with Gasteiger partial charge in [0, 0.05) is 23.5 Å². The first-order valence-electron chi connectivity index (χ1n) is 5.66. The predicted molar refractivity (Wildman–Crippen MR) is 76.2 cm³/mol. The van der Waals surface area contributed by atoms with Crippen molar-refractivity contribution in [3.63, 3.8) is 0 Å². The van der Waals surface area contributed by atoms with Gasteiger partial charge in [0.2, 0.25) is 0 Å². The topological polar surface area (TPSA) is 80.0 Å². The van der Waals surface area contributed by atoms with Gasteiger partial charge in [0.05, 0.1) is 0 Å². The highest BCUT2D eigenvalue weighted by atomic mass is 35.5. The summed E-state index contributed by atoms with van der Waals surface area (Å²) in [5.74, 6) is 0.453. The van der Waals surface area contributed by atoms with Crippen LogP contribution in [0.4, 0.5) is 16.3 Å². The van der Waals surface area contributed by atoms with Gasteiger partial charge in [-0.1, -0.05) is 11.6 Å². The van der Waals surface area contributed by atoms with Gasteiger partial charge in [-0.05, 0) is 42.0 Å². The van der Waals surface area contributed by atoms with Crippen molar-refractivity contribution >= 4 is 29.1 Å². The van der Waals surface area contributed by atoms with Crippen LogP contribution >= 0.6 is 11.6 Å². The van der Waals surface area contributed by atoms with Gasteiger partial charge >= 0.3 is 6.03 Å². The Kier molecular flexibility index (Phi) is 4.33. The van der Waals surface area contributed by atoms with Crippen LogP contribution in [0.25, 0.3) is 0 Å². The van der Waals surface area contributed by atoms with Gasteiger partial charge in [-0.3, -0.25) is 5.32 Å². The Morgan fingerprint density at radius 1 is 1.21 bits per heavy atom. The highest BCUT2D eigenvalue weighted by Crippen LogP contribution is 2.14. The molecule has 2 aromatic rings. The van der Waals surface area contributed by atoms with E-state index in [1.54, 1.807) is 42.6 Å². The minimum atomic E-state index is -0.371. The second-order valence-corrected chi connectivity index (χ2v) is 4.28. The number of nitrogens with zero attached hydrogens (tertiary/aromatic N) is 1. The van der Waals surface area contributed by atoms with E-state index in [0.717, 1.165) is 5.56 Å². The van der Waals surface area contributed by atoms with Gasteiger partial charge in [-0.15, -0.1) is 0 Å². The molecule has 0 aliphatic carbocycles. The molecule has 19 heavy (non-hydrogen) atoms. The Labute approximate surface area is 115 Å². The summed E-state index contributed by atoms with van der Waals surface area (Å²) in [4.78, 5) is 15.8. The molecule has 98 valence electrons. The zero-order valence-electron chi connectivity index (χ0n) is 10.1. The lowest BCUT2D eigenvalue weighted by molar-refractivity contribution is 0.262. The van der Waals surface area contributed by atoms with Crippen LogP contribution in [0.3, 0.4) is 0 Å². The highest BCUT2D eigenvalue weighted by molar-refractivity contribution is 6.30. The predicted octanol–water partition coefficient (Wildman–Crippen LogP) is 2.84. The van der Waals surface area contributed by atoms with E-state index in [0.29, 0.717) is 23.1 Å². The summed E-state index contributed by atoms with van der Waals surface area (Å²) < 4.78 is 0. The zero-order valence-corrected chi connectivity index (χ0v) is 10.8. The first-order valence-corrected chi connectivity index (χ1v) is 6.04. The molecular weight excluding hydrogens is 264 g/mol. The van der Waals surface area contributed by atoms with E-state index in [1.165, 1.54) is 0 Å². The van der Waals surface area contributed by atoms with Crippen molar-refractivity contribution in [3.8, 4) is 0 Å². The number of anilines is 2. The van der Waals surface area contributed by atoms with Crippen LogP contribution in [0, 0.1) is 0 Å². The SMILES string of the molecule is NCc1ccnc(NC(=O)Nc2ccc(Cl)cc2)c1. The number of carbonyl (C=O) groups excluding carboxylic acids is 1. The Morgan fingerprint density at radius 2 is 1.95 bits per heavy atom. The Morgan fingerprint density at radius 3 is 2.63 bits per heavy atom. The third kappa shape index (κ3) is 3.94. The zero-order chi connectivity index (χ0) is 13.7. The van der Waals surface area contributed by atoms with Gasteiger partial charge < -0.3 is 11.1 Å². The molecule has 5 nitrogen and oxygen atoms in total. The normalized spacial score (nSPS) is 10.0. The number of aromatic nitrogens is 1. The Bertz CT molecular complexity index is 571. The van der Waals surface area contributed by atoms with Crippen molar-refractivity contribution in [2.24, 2.45) is 5.73 Å². The molecule has 0 aliphatic heterocycles. The van der Waals surface area contributed by atoms with Crippen LogP contribution in [-0.2, 0) is 6.54 Å². The molecule has 6 heteroatoms. The number of rotatable bonds is 3. The molecule has 2 rings (SSSR count). The molecule has 1 heterocycles. The minimum absolute atomic E-state index is 0.371. The first kappa shape index (κ1) is 13.3. The van der Waals surface area contributed by atoms with E-state index < -0.39 is 0 Å². The summed E-state index contributed by atoms with van der Waals surface area (Å²) >= 11 is 5.76. The van der Waals surface area contributed by atoms with Crippen molar-refractivity contribution in [1.82, 2.24) is 4.98 Å². The number of hydrogen-bond acceptors (Lipinski definition) is 3. The number of urea groups is 1. The minimum Gasteiger partial charge on any atom is -0.326 e. The van der Waals surface area contributed by atoms with Gasteiger partial charge in [-0.2, -0.15) is 0 Å². The molecule has 1 aromatic heterocycles. The van der Waals surface area contributed by atoms with Gasteiger partial charge in [-0.25, -0.2) is 9.78 Å². The van der Waals surface area contributed by atoms with E-state index >= 15 is 0 Å². The molecule has 0 atom stereocenters. The van der Waals surface area contributed by atoms with Crippen LogP contribution in [0.1, 0.15) is 5.56 Å². The van der Waals surface area contributed by atoms with Crippen LogP contribution in [-0.4, -0.2) is 11.0 Å². The molecule has 0 saturated carbocycles. The summed E-state index contributed by atoms with van der Waals surface area (Å²) in [6.45, 7) is 0.399. The lowest BCUT2D eigenvalue weighted by Gasteiger charge is -2.07. The number of carbonyl (C=O) groups is 1. The molecule has 4 N–H and O–H groups in total. The second-order valence-electron chi connectivity index (χ2n) is 3.84. The molecule has 0 aliphatic rings. The van der Waals surface area contributed by atoms with Gasteiger partial charge in [0.1, 0.15) is 5.82 Å². The summed E-state index contributed by atoms with van der Waals surface area (Å²) in [6.07, 6.45) is 1.60. The van der Waals surface area contributed by atoms with Crippen LogP contribution < -0.4 is 16.4 Å². The highest BCUT2D eigenvalue weighted by Gasteiger charge is 2.04. The van der Waals surface area contributed by atoms with Crippen molar-refractivity contribution < 1.29 is 4.79 Å². The van der Waals surface area contributed by atoms with E-state index in [-0.39, 0.29) is 6.03 Å². The summed E-state index contributed by atoms with van der Waals surface area (Å²) in [5, 5.41) is 5.92. The molecule has 0 fully saturated rings. The molecular formula is C13H13ClN4O. The van der Waals surface area contributed by atoms with E-state index in [9.17, 15) is 4.79 Å². The van der Waals surface area contributed by atoms with Crippen molar-refractivity contribution in [2.45, 2.75) is 6.54 Å². The smallest absolute Gasteiger partial charge is 0.324 e. The van der Waals surface area contributed by atoms with E-state index in [4.69, 9.17) is 17.3 Å². The number of hydrogen-bond donors (Lipinski definition) is 3. The number of nitrogens with one attached hydrogen (secondary N) is 2. The van der Waals surface area contributed by atoms with Crippen LogP contribution in [0.15, 0.2) is 42.6 Å². The number of nitrogens with two attached hydrogens (primary N) is 1. The summed E-state index contributed by atoms with van der Waals surface area (Å²) in [6, 6.07) is 9.97. The van der Waals surface area contributed by atoms with Crippen molar-refractivity contribution in [3.05, 3.63) is 53.2 Å². The Balaban J connectivity index is 1.99. The fourth-order valence-electron chi connectivity index (χ4n) is 1.48. The number of amides is 2. The average molecular weight is 277 g/mol. The summed E-state index contributed by atoms with van der Waals surface area (Å²) in [7, 11) is 0. The third-order valence-electron chi connectivity index (χ3n) is 2.40. The fraction of sp³-hybridized carbons (Fsp3) is 0.0769. The van der Waals surface area contributed by atoms with E-state index in [1.807, 2.05) is 0 Å². The van der Waals surface area contributed by atoms with Crippen LogP contribution in [0.2, 0.25) is 5.02 Å². The maximum Gasteiger partial charge on any atom is 0.324 e. The second kappa shape index (κ2) is 6.17. The Hall–Kier alpha value is -2.11. The molecule has 0 saturated heterocycles. The molecule has 0 spiro atoms. The lowest BCUT2D eigenvalue weighted by atomic mass is 10.2. The summed E-state index contributed by atoms with van der Waals surface area (Å²) in [5.41, 5.74) is 7.07. The number of halogens is 1. The lowest BCUT2D eigenvalue weighted by Crippen LogP contribution is -2.20. The van der Waals surface area contributed by atoms with E-state index in [2.05, 4.69) is 15.6 Å². The van der Waals surface area contributed by atoms with Crippen molar-refractivity contribution in [2.75, 3.05) is 10.6 Å². The molecule has 1 aromatic carbocycles. The largest absolute Gasteiger partial charge is 0.326 e. The first-order chi connectivity index (χ1) is 9.17. The molecule has 0 radical (unpaired) electrons. The monoisotopic (exact) mass is 276 g/mol. The maximum atomic E-state index is 11.7. The van der Waals surface area contributed by atoms with Gasteiger partial charge in [0.15, 0.2) is 0 Å². The maximum absolute atomic E-state index is 11.7. The third-order valence-corrected chi connectivity index (χ3v) is 2.66. The standard InChI is InChI=1S/C13H13ClN4O/c14-10-1-3-11(4-2-10)17-13(19)18-12-7-9(8-15)5-6-16-12/h1-7H,8,15H2,(H2,16,17,18,19). The van der Waals surface area contributed by atoms with Crippen molar-refractivity contribution in [1.29, 1.82) is 0 Å². The quantitative estimate of drug-likeness (QED) is 0.806.